The van der Waals surface area contributed by atoms with Crippen molar-refractivity contribution in [3.63, 3.8) is 0 Å². The number of aliphatic hydroxyl groups excluding tert-OH is 1. The van der Waals surface area contributed by atoms with E-state index < -0.39 is 23.6 Å². The molecule has 1 aromatic rings. The second kappa shape index (κ2) is 8.53. The van der Waals surface area contributed by atoms with E-state index in [0.29, 0.717) is 11.3 Å². The van der Waals surface area contributed by atoms with Crippen molar-refractivity contribution in [2.24, 2.45) is 0 Å². The van der Waals surface area contributed by atoms with E-state index >= 15 is 0 Å². The van der Waals surface area contributed by atoms with Crippen molar-refractivity contribution in [2.45, 2.75) is 52.4 Å². The van der Waals surface area contributed by atoms with Gasteiger partial charge in [-0.05, 0) is 33.8 Å². The van der Waals surface area contributed by atoms with Gasteiger partial charge in [-0.1, -0.05) is 18.2 Å². The second-order valence-electron chi connectivity index (χ2n) is 6.05. The molecule has 0 heterocycles. The van der Waals surface area contributed by atoms with Crippen LogP contribution in [0.1, 0.15) is 39.7 Å². The Morgan fingerprint density at radius 2 is 1.91 bits per heavy atom. The van der Waals surface area contributed by atoms with E-state index in [2.05, 4.69) is 5.32 Å². The van der Waals surface area contributed by atoms with Crippen molar-refractivity contribution in [2.75, 3.05) is 11.9 Å². The first-order chi connectivity index (χ1) is 10.8. The highest BCUT2D eigenvalue weighted by molar-refractivity contribution is 5.85. The van der Waals surface area contributed by atoms with Gasteiger partial charge >= 0.3 is 11.9 Å². The van der Waals surface area contributed by atoms with Crippen molar-refractivity contribution >= 4 is 17.6 Å². The minimum Gasteiger partial charge on any atom is -0.464 e. The third-order valence-electron chi connectivity index (χ3n) is 2.88. The molecule has 0 saturated heterocycles. The van der Waals surface area contributed by atoms with Gasteiger partial charge in [-0.3, -0.25) is 4.79 Å². The van der Waals surface area contributed by atoms with Gasteiger partial charge in [-0.15, -0.1) is 0 Å². The van der Waals surface area contributed by atoms with Crippen molar-refractivity contribution in [1.82, 2.24) is 0 Å². The van der Waals surface area contributed by atoms with E-state index in [1.807, 2.05) is 0 Å². The lowest BCUT2D eigenvalue weighted by atomic mass is 10.1. The Bertz CT molecular complexity index is 536. The quantitative estimate of drug-likeness (QED) is 0.749. The van der Waals surface area contributed by atoms with Crippen molar-refractivity contribution in [1.29, 1.82) is 0 Å². The molecule has 0 radical (unpaired) electrons. The standard InChI is InChI=1S/C17H25NO5/c1-5-22-16(21)14(10-15(20)23-17(2,3)4)18-13-9-7-6-8-12(13)11-19/h6-9,14,18-19H,5,10-11H2,1-4H3/t14-/m0/s1. The maximum Gasteiger partial charge on any atom is 0.329 e. The van der Waals surface area contributed by atoms with Crippen LogP contribution < -0.4 is 5.32 Å². The summed E-state index contributed by atoms with van der Waals surface area (Å²) < 4.78 is 10.3. The van der Waals surface area contributed by atoms with Crippen LogP contribution >= 0.6 is 0 Å². The Morgan fingerprint density at radius 3 is 2.48 bits per heavy atom. The number of hydrogen-bond acceptors (Lipinski definition) is 6. The maximum atomic E-state index is 12.1. The van der Waals surface area contributed by atoms with Gasteiger partial charge < -0.3 is 19.9 Å². The minimum atomic E-state index is -0.877. The van der Waals surface area contributed by atoms with Crippen LogP contribution in [0.25, 0.3) is 0 Å². The fourth-order valence-electron chi connectivity index (χ4n) is 1.97. The Labute approximate surface area is 136 Å². The van der Waals surface area contributed by atoms with E-state index in [4.69, 9.17) is 9.47 Å². The summed E-state index contributed by atoms with van der Waals surface area (Å²) in [5, 5.41) is 12.3. The first kappa shape index (κ1) is 19.0. The van der Waals surface area contributed by atoms with Gasteiger partial charge in [-0.25, -0.2) is 4.79 Å². The Balaban J connectivity index is 2.88. The number of hydrogen-bond donors (Lipinski definition) is 2. The number of esters is 2. The molecule has 1 aromatic carbocycles. The molecule has 1 rings (SSSR count). The molecule has 0 spiro atoms. The number of carbonyl (C=O) groups excluding carboxylic acids is 2. The molecule has 0 unspecified atom stereocenters. The van der Waals surface area contributed by atoms with Gasteiger partial charge in [0.15, 0.2) is 0 Å². The van der Waals surface area contributed by atoms with Gasteiger partial charge in [0.05, 0.1) is 19.6 Å². The van der Waals surface area contributed by atoms with Crippen LogP contribution in [0.3, 0.4) is 0 Å². The van der Waals surface area contributed by atoms with Gasteiger partial charge in [0.25, 0.3) is 0 Å². The molecule has 0 bridgehead atoms. The predicted octanol–water partition coefficient (Wildman–Crippen LogP) is 2.25. The fraction of sp³-hybridized carbons (Fsp3) is 0.529. The summed E-state index contributed by atoms with van der Waals surface area (Å²) in [6.45, 7) is 7.03. The van der Waals surface area contributed by atoms with Gasteiger partial charge in [0, 0.05) is 11.3 Å². The molecule has 0 aromatic heterocycles. The van der Waals surface area contributed by atoms with E-state index in [9.17, 15) is 14.7 Å². The predicted molar refractivity (Wildman–Crippen MR) is 86.9 cm³/mol. The molecule has 0 saturated carbocycles. The number of carbonyl (C=O) groups is 2. The topological polar surface area (TPSA) is 84.9 Å². The molecule has 2 N–H and O–H groups in total. The number of para-hydroxylation sites is 1. The average molecular weight is 323 g/mol. The molecule has 0 aliphatic carbocycles. The van der Waals surface area contributed by atoms with Gasteiger partial charge in [-0.2, -0.15) is 0 Å². The lowest BCUT2D eigenvalue weighted by Gasteiger charge is -2.23. The Hall–Kier alpha value is -2.08. The van der Waals surface area contributed by atoms with Gasteiger partial charge in [0.2, 0.25) is 0 Å². The molecule has 6 nitrogen and oxygen atoms in total. The molecular formula is C17H25NO5. The number of rotatable bonds is 7. The highest BCUT2D eigenvalue weighted by Gasteiger charge is 2.27. The highest BCUT2D eigenvalue weighted by Crippen LogP contribution is 2.18. The molecule has 0 aliphatic heterocycles. The summed E-state index contributed by atoms with van der Waals surface area (Å²) in [6.07, 6.45) is -0.157. The zero-order valence-corrected chi connectivity index (χ0v) is 14.1. The summed E-state index contributed by atoms with van der Waals surface area (Å²) in [5.74, 6) is -1.03. The van der Waals surface area contributed by atoms with Crippen LogP contribution in [0.2, 0.25) is 0 Å². The smallest absolute Gasteiger partial charge is 0.329 e. The van der Waals surface area contributed by atoms with Crippen LogP contribution in [-0.4, -0.2) is 35.3 Å². The second-order valence-corrected chi connectivity index (χ2v) is 6.05. The number of benzene rings is 1. The van der Waals surface area contributed by atoms with E-state index in [-0.39, 0.29) is 19.6 Å². The third kappa shape index (κ3) is 6.69. The highest BCUT2D eigenvalue weighted by atomic mass is 16.6. The molecular weight excluding hydrogens is 298 g/mol. The molecule has 128 valence electrons. The lowest BCUT2D eigenvalue weighted by Crippen LogP contribution is -2.36. The van der Waals surface area contributed by atoms with Crippen molar-refractivity contribution in [3.05, 3.63) is 29.8 Å². The molecule has 0 amide bonds. The SMILES string of the molecule is CCOC(=O)[C@H](CC(=O)OC(C)(C)C)Nc1ccccc1CO. The minimum absolute atomic E-state index is 0.157. The first-order valence-electron chi connectivity index (χ1n) is 7.60. The van der Waals surface area contributed by atoms with Crippen molar-refractivity contribution in [3.8, 4) is 0 Å². The van der Waals surface area contributed by atoms with E-state index in [1.54, 1.807) is 52.0 Å². The summed E-state index contributed by atoms with van der Waals surface area (Å²) in [5.41, 5.74) is 0.585. The van der Waals surface area contributed by atoms with E-state index in [0.717, 1.165) is 0 Å². The summed E-state index contributed by atoms with van der Waals surface area (Å²) >= 11 is 0. The molecule has 6 heteroatoms. The van der Waals surface area contributed by atoms with Gasteiger partial charge in [0.1, 0.15) is 11.6 Å². The van der Waals surface area contributed by atoms with Crippen molar-refractivity contribution < 1.29 is 24.2 Å². The number of anilines is 1. The maximum absolute atomic E-state index is 12.1. The molecule has 0 fully saturated rings. The number of aliphatic hydroxyl groups is 1. The monoisotopic (exact) mass is 323 g/mol. The summed E-state index contributed by atoms with van der Waals surface area (Å²) in [4.78, 5) is 24.1. The Kier molecular flexibility index (Phi) is 7.03. The first-order valence-corrected chi connectivity index (χ1v) is 7.60. The van der Waals surface area contributed by atoms with Crippen LogP contribution in [0, 0.1) is 0 Å². The van der Waals surface area contributed by atoms with Crippen LogP contribution in [0.5, 0.6) is 0 Å². The molecule has 23 heavy (non-hydrogen) atoms. The largest absolute Gasteiger partial charge is 0.464 e. The zero-order chi connectivity index (χ0) is 17.5. The lowest BCUT2D eigenvalue weighted by molar-refractivity contribution is -0.158. The normalized spacial score (nSPS) is 12.4. The zero-order valence-electron chi connectivity index (χ0n) is 14.1. The number of nitrogens with one attached hydrogen (secondary N) is 1. The summed E-state index contributed by atoms with van der Waals surface area (Å²) in [6, 6.07) is 6.14. The van der Waals surface area contributed by atoms with Crippen LogP contribution in [-0.2, 0) is 25.7 Å². The van der Waals surface area contributed by atoms with Crippen LogP contribution in [0.4, 0.5) is 5.69 Å². The molecule has 1 atom stereocenters. The average Bonchev–Trinajstić information content (AvgIpc) is 2.45. The number of ether oxygens (including phenoxy) is 2. The Morgan fingerprint density at radius 1 is 1.26 bits per heavy atom. The fourth-order valence-corrected chi connectivity index (χ4v) is 1.97. The van der Waals surface area contributed by atoms with E-state index in [1.165, 1.54) is 0 Å². The third-order valence-corrected chi connectivity index (χ3v) is 2.88. The summed E-state index contributed by atoms with van der Waals surface area (Å²) in [7, 11) is 0. The molecule has 0 aliphatic rings. The van der Waals surface area contributed by atoms with Crippen LogP contribution in [0.15, 0.2) is 24.3 Å².